The lowest BCUT2D eigenvalue weighted by molar-refractivity contribution is -0.358. The van der Waals surface area contributed by atoms with Crippen LogP contribution in [-0.2, 0) is 38.1 Å². The van der Waals surface area contributed by atoms with Gasteiger partial charge in [0.15, 0.2) is 12.4 Å². The Kier molecular flexibility index (Phi) is 8.80. The first-order chi connectivity index (χ1) is 19.4. The molecule has 0 aromatic carbocycles. The molecule has 4 fully saturated rings. The van der Waals surface area contributed by atoms with Crippen LogP contribution in [0.2, 0.25) is 0 Å². The van der Waals surface area contributed by atoms with Crippen LogP contribution in [0.4, 0.5) is 0 Å². The Balaban J connectivity index is 1.90. The van der Waals surface area contributed by atoms with E-state index in [1.165, 1.54) is 19.9 Å². The van der Waals surface area contributed by atoms with E-state index in [1.54, 1.807) is 13.8 Å². The van der Waals surface area contributed by atoms with Crippen LogP contribution in [-0.4, -0.2) is 105 Å². The highest BCUT2D eigenvalue weighted by Gasteiger charge is 2.75. The molecule has 2 saturated heterocycles. The average Bonchev–Trinajstić information content (AvgIpc) is 2.86. The largest absolute Gasteiger partial charge is 0.458 e. The normalized spacial score (nSPS) is 48.4. The Labute approximate surface area is 246 Å². The molecule has 13 atom stereocenters. The van der Waals surface area contributed by atoms with Crippen molar-refractivity contribution < 1.29 is 58.5 Å². The smallest absolute Gasteiger partial charge is 0.303 e. The topological polar surface area (TPSA) is 178 Å². The Morgan fingerprint density at radius 1 is 1.02 bits per heavy atom. The van der Waals surface area contributed by atoms with Crippen molar-refractivity contribution in [3.63, 3.8) is 0 Å². The van der Waals surface area contributed by atoms with Gasteiger partial charge in [0.2, 0.25) is 0 Å². The van der Waals surface area contributed by atoms with Crippen LogP contribution in [0.3, 0.4) is 0 Å². The molecule has 2 aliphatic carbocycles. The van der Waals surface area contributed by atoms with Crippen molar-refractivity contribution in [1.29, 1.82) is 0 Å². The van der Waals surface area contributed by atoms with E-state index in [9.17, 15) is 34.8 Å². The number of ether oxygens (including phenoxy) is 5. The Bertz CT molecular complexity index is 1090. The molecule has 2 aliphatic heterocycles. The number of aliphatic hydroxyl groups is 4. The zero-order valence-electron chi connectivity index (χ0n) is 25.4. The molecule has 0 bridgehead atoms. The molecule has 0 radical (unpaired) electrons. The van der Waals surface area contributed by atoms with Crippen LogP contribution < -0.4 is 0 Å². The summed E-state index contributed by atoms with van der Waals surface area (Å²) < 4.78 is 30.6. The fraction of sp³-hybridized carbons (Fsp3) is 0.833. The lowest BCUT2D eigenvalue weighted by Crippen LogP contribution is -2.78. The third kappa shape index (κ3) is 5.22. The molecule has 2 saturated carbocycles. The minimum absolute atomic E-state index is 0.0166. The molecule has 4 rings (SSSR count). The second kappa shape index (κ2) is 11.2. The van der Waals surface area contributed by atoms with Crippen LogP contribution in [0.5, 0.6) is 0 Å². The second-order valence-corrected chi connectivity index (χ2v) is 13.7. The third-order valence-electron chi connectivity index (χ3n) is 10.1. The fourth-order valence-electron chi connectivity index (χ4n) is 8.58. The summed E-state index contributed by atoms with van der Waals surface area (Å²) in [6.45, 7) is 15.0. The average molecular weight is 599 g/mol. The van der Waals surface area contributed by atoms with Gasteiger partial charge in [0.05, 0.1) is 24.2 Å². The quantitative estimate of drug-likeness (QED) is 0.250. The van der Waals surface area contributed by atoms with Gasteiger partial charge in [-0.05, 0) is 32.1 Å². The molecule has 12 heteroatoms. The van der Waals surface area contributed by atoms with Gasteiger partial charge in [0.25, 0.3) is 0 Å². The van der Waals surface area contributed by atoms with Crippen molar-refractivity contribution >= 4 is 17.7 Å². The molecular formula is C30H46O12. The Morgan fingerprint density at radius 2 is 1.64 bits per heavy atom. The molecule has 4 N–H and O–H groups in total. The van der Waals surface area contributed by atoms with Gasteiger partial charge in [-0.1, -0.05) is 26.8 Å². The maximum atomic E-state index is 14.3. The van der Waals surface area contributed by atoms with Gasteiger partial charge in [-0.15, -0.1) is 6.58 Å². The Morgan fingerprint density at radius 3 is 2.19 bits per heavy atom. The van der Waals surface area contributed by atoms with Gasteiger partial charge in [-0.25, -0.2) is 0 Å². The number of Topliss-reactive ketones (excluding diaryl/α,β-unsaturated/α-hetero) is 1. The summed E-state index contributed by atoms with van der Waals surface area (Å²) in [5.74, 6) is -2.97. The Hall–Kier alpha value is -1.93. The molecule has 0 unspecified atom stereocenters. The molecule has 0 spiro atoms. The zero-order valence-corrected chi connectivity index (χ0v) is 25.4. The predicted molar refractivity (Wildman–Crippen MR) is 146 cm³/mol. The van der Waals surface area contributed by atoms with Gasteiger partial charge in [-0.2, -0.15) is 0 Å². The van der Waals surface area contributed by atoms with Crippen molar-refractivity contribution in [3.8, 4) is 0 Å². The maximum absolute atomic E-state index is 14.3. The van der Waals surface area contributed by atoms with Crippen molar-refractivity contribution in [2.75, 3.05) is 6.61 Å². The van der Waals surface area contributed by atoms with Gasteiger partial charge >= 0.3 is 11.9 Å². The molecule has 0 aromatic rings. The molecular weight excluding hydrogens is 552 g/mol. The first-order valence-electron chi connectivity index (χ1n) is 14.5. The number of ketones is 1. The predicted octanol–water partition coefficient (Wildman–Crippen LogP) is 0.800. The number of fused-ring (bicyclic) bond motifs is 3. The lowest BCUT2D eigenvalue weighted by atomic mass is 9.41. The lowest BCUT2D eigenvalue weighted by Gasteiger charge is -2.69. The SMILES string of the molecule is C=C[C@@]1(C)CC(=O)[C@H]2[C@](C)(O1)[C@@H](OC(C)=O)[C@@H](OC(C)=O)[C@H]1C(C)(C)CC[C@H](O[C@@H]3O[C@H](CO)[C@@H](O)[C@H](O)[C@H]3O)[C@@]12C. The van der Waals surface area contributed by atoms with Crippen LogP contribution >= 0.6 is 0 Å². The van der Waals surface area contributed by atoms with Crippen molar-refractivity contribution in [3.05, 3.63) is 12.7 Å². The molecule has 42 heavy (non-hydrogen) atoms. The van der Waals surface area contributed by atoms with Crippen LogP contribution in [0.25, 0.3) is 0 Å². The number of carbonyl (C=O) groups is 3. The third-order valence-corrected chi connectivity index (χ3v) is 10.1. The summed E-state index contributed by atoms with van der Waals surface area (Å²) in [7, 11) is 0. The highest BCUT2D eigenvalue weighted by molar-refractivity contribution is 5.86. The zero-order chi connectivity index (χ0) is 31.6. The highest BCUT2D eigenvalue weighted by atomic mass is 16.7. The van der Waals surface area contributed by atoms with Crippen LogP contribution in [0, 0.1) is 22.7 Å². The summed E-state index contributed by atoms with van der Waals surface area (Å²) in [5.41, 5.74) is -4.32. The molecule has 2 heterocycles. The van der Waals surface area contributed by atoms with Crippen molar-refractivity contribution in [2.45, 2.75) is 128 Å². The van der Waals surface area contributed by atoms with Gasteiger partial charge in [0.1, 0.15) is 41.9 Å². The van der Waals surface area contributed by atoms with E-state index < -0.39 is 101 Å². The van der Waals surface area contributed by atoms with E-state index in [1.807, 2.05) is 20.8 Å². The standard InChI is InChI=1S/C30H46O12/c1-9-28(6)12-16(34)23-29(7)18(41-26-21(37)20(36)19(35)17(13-31)40-26)10-11-27(4,5)24(29)22(38-14(2)32)25(39-15(3)33)30(23,8)42-28/h9,17-26,31,35-37H,1,10-13H2,2-8H3/t17-,18+,19-,20+,21-,22+,23-,24+,25+,26+,28+,29-,30+/m1/s1. The number of esters is 2. The van der Waals surface area contributed by atoms with Gasteiger partial charge in [-0.3, -0.25) is 14.4 Å². The summed E-state index contributed by atoms with van der Waals surface area (Å²) in [6.07, 6.45) is -8.12. The van der Waals surface area contributed by atoms with E-state index in [0.717, 1.165) is 0 Å². The van der Waals surface area contributed by atoms with Crippen LogP contribution in [0.15, 0.2) is 12.7 Å². The minimum Gasteiger partial charge on any atom is -0.458 e. The van der Waals surface area contributed by atoms with E-state index in [-0.39, 0.29) is 12.2 Å². The summed E-state index contributed by atoms with van der Waals surface area (Å²) in [6, 6.07) is 0. The number of carbonyl (C=O) groups excluding carboxylic acids is 3. The maximum Gasteiger partial charge on any atom is 0.303 e. The molecule has 238 valence electrons. The molecule has 12 nitrogen and oxygen atoms in total. The van der Waals surface area contributed by atoms with Crippen LogP contribution in [0.1, 0.15) is 67.7 Å². The summed E-state index contributed by atoms with van der Waals surface area (Å²) in [4.78, 5) is 39.4. The highest BCUT2D eigenvalue weighted by Crippen LogP contribution is 2.66. The van der Waals surface area contributed by atoms with Gasteiger partial charge < -0.3 is 44.1 Å². The van der Waals surface area contributed by atoms with E-state index in [2.05, 4.69) is 6.58 Å². The van der Waals surface area contributed by atoms with E-state index in [4.69, 9.17) is 23.7 Å². The summed E-state index contributed by atoms with van der Waals surface area (Å²) >= 11 is 0. The number of hydrogen-bond donors (Lipinski definition) is 4. The first-order valence-corrected chi connectivity index (χ1v) is 14.5. The fourth-order valence-corrected chi connectivity index (χ4v) is 8.58. The van der Waals surface area contributed by atoms with Crippen molar-refractivity contribution in [1.82, 2.24) is 0 Å². The van der Waals surface area contributed by atoms with E-state index in [0.29, 0.717) is 12.8 Å². The minimum atomic E-state index is -1.66. The first kappa shape index (κ1) is 33.0. The number of aliphatic hydroxyl groups excluding tert-OH is 4. The number of rotatable bonds is 6. The summed E-state index contributed by atoms with van der Waals surface area (Å²) in [5, 5.41) is 41.3. The van der Waals surface area contributed by atoms with Crippen molar-refractivity contribution in [2.24, 2.45) is 22.7 Å². The second-order valence-electron chi connectivity index (χ2n) is 13.7. The monoisotopic (exact) mass is 598 g/mol. The molecule has 4 aliphatic rings. The molecule has 0 aromatic heterocycles. The number of hydrogen-bond acceptors (Lipinski definition) is 12. The van der Waals surface area contributed by atoms with E-state index >= 15 is 0 Å². The van der Waals surface area contributed by atoms with Gasteiger partial charge in [0, 0.05) is 31.6 Å². The molecule has 0 amide bonds.